The minimum absolute atomic E-state index is 0.151. The molecule has 1 aromatic heterocycles. The summed E-state index contributed by atoms with van der Waals surface area (Å²) in [5.74, 6) is 0.601. The van der Waals surface area contributed by atoms with Gasteiger partial charge in [0.15, 0.2) is 5.13 Å². The van der Waals surface area contributed by atoms with Gasteiger partial charge >= 0.3 is 6.03 Å². The molecule has 3 N–H and O–H groups in total. The van der Waals surface area contributed by atoms with Gasteiger partial charge in [0.2, 0.25) is 0 Å². The van der Waals surface area contributed by atoms with Crippen LogP contribution in [0.25, 0.3) is 0 Å². The number of methoxy groups -OCH3 is 2. The minimum Gasteiger partial charge on any atom is -0.497 e. The maximum Gasteiger partial charge on any atom is 0.325 e. The van der Waals surface area contributed by atoms with E-state index in [0.717, 1.165) is 11.3 Å². The molecule has 0 aliphatic rings. The zero-order valence-corrected chi connectivity index (χ0v) is 17.1. The van der Waals surface area contributed by atoms with Crippen molar-refractivity contribution in [1.82, 2.24) is 4.98 Å². The van der Waals surface area contributed by atoms with E-state index in [1.165, 1.54) is 19.6 Å². The first-order valence-electron chi connectivity index (χ1n) is 8.31. The number of rotatable bonds is 6. The predicted octanol–water partition coefficient (Wildman–Crippen LogP) is 4.71. The Kier molecular flexibility index (Phi) is 6.53. The van der Waals surface area contributed by atoms with Crippen LogP contribution in [0.1, 0.15) is 10.5 Å². The fourth-order valence-corrected chi connectivity index (χ4v) is 3.24. The third-order valence-electron chi connectivity index (χ3n) is 3.69. The van der Waals surface area contributed by atoms with Gasteiger partial charge in [-0.15, -0.1) is 11.3 Å². The van der Waals surface area contributed by atoms with Crippen LogP contribution in [-0.4, -0.2) is 31.1 Å². The van der Waals surface area contributed by atoms with Gasteiger partial charge < -0.3 is 20.1 Å². The van der Waals surface area contributed by atoms with E-state index in [0.29, 0.717) is 27.9 Å². The van der Waals surface area contributed by atoms with Gasteiger partial charge in [-0.2, -0.15) is 0 Å². The van der Waals surface area contributed by atoms with Crippen molar-refractivity contribution in [1.29, 1.82) is 0 Å². The topological polar surface area (TPSA) is 102 Å². The summed E-state index contributed by atoms with van der Waals surface area (Å²) >= 11 is 7.01. The fourth-order valence-electron chi connectivity index (χ4n) is 2.36. The quantitative estimate of drug-likeness (QED) is 0.523. The molecule has 0 spiro atoms. The summed E-state index contributed by atoms with van der Waals surface area (Å²) in [7, 11) is 3.03. The van der Waals surface area contributed by atoms with Crippen molar-refractivity contribution in [2.24, 2.45) is 0 Å². The first-order chi connectivity index (χ1) is 14.0. The highest BCUT2D eigenvalue weighted by Gasteiger charge is 2.15. The zero-order valence-electron chi connectivity index (χ0n) is 15.5. The molecule has 1 heterocycles. The van der Waals surface area contributed by atoms with E-state index in [-0.39, 0.29) is 10.8 Å². The number of urea groups is 1. The number of halogens is 1. The van der Waals surface area contributed by atoms with E-state index >= 15 is 0 Å². The van der Waals surface area contributed by atoms with E-state index in [4.69, 9.17) is 21.1 Å². The lowest BCUT2D eigenvalue weighted by atomic mass is 10.2. The minimum atomic E-state index is -0.497. The van der Waals surface area contributed by atoms with E-state index in [2.05, 4.69) is 20.9 Å². The van der Waals surface area contributed by atoms with Crippen molar-refractivity contribution >= 4 is 51.4 Å². The summed E-state index contributed by atoms with van der Waals surface area (Å²) < 4.78 is 10.4. The molecule has 29 heavy (non-hydrogen) atoms. The summed E-state index contributed by atoms with van der Waals surface area (Å²) in [5.41, 5.74) is 1.13. The second-order valence-electron chi connectivity index (χ2n) is 5.65. The first kappa shape index (κ1) is 20.4. The molecule has 8 nitrogen and oxygen atoms in total. The van der Waals surface area contributed by atoms with Crippen LogP contribution in [0.15, 0.2) is 47.8 Å². The molecule has 0 aliphatic heterocycles. The smallest absolute Gasteiger partial charge is 0.325 e. The van der Waals surface area contributed by atoms with Crippen LogP contribution >= 0.6 is 22.9 Å². The van der Waals surface area contributed by atoms with Crippen molar-refractivity contribution in [2.45, 2.75) is 0 Å². The summed E-state index contributed by atoms with van der Waals surface area (Å²) in [4.78, 5) is 28.7. The Labute approximate surface area is 175 Å². The Balaban J connectivity index is 1.65. The van der Waals surface area contributed by atoms with Gasteiger partial charge in [0.25, 0.3) is 5.91 Å². The lowest BCUT2D eigenvalue weighted by molar-refractivity contribution is 0.102. The Morgan fingerprint density at radius 2 is 1.86 bits per heavy atom. The van der Waals surface area contributed by atoms with E-state index in [1.54, 1.807) is 42.5 Å². The Morgan fingerprint density at radius 3 is 2.59 bits per heavy atom. The highest BCUT2D eigenvalue weighted by Crippen LogP contribution is 2.29. The van der Waals surface area contributed by atoms with Crippen LogP contribution in [0.4, 0.5) is 21.3 Å². The van der Waals surface area contributed by atoms with Gasteiger partial charge in [-0.05, 0) is 30.3 Å². The van der Waals surface area contributed by atoms with Gasteiger partial charge in [0, 0.05) is 22.2 Å². The molecule has 0 radical (unpaired) electrons. The van der Waals surface area contributed by atoms with Crippen LogP contribution in [0, 0.1) is 0 Å². The molecule has 0 atom stereocenters. The second-order valence-corrected chi connectivity index (χ2v) is 6.94. The molecule has 0 aliphatic carbocycles. The molecule has 0 fully saturated rings. The maximum absolute atomic E-state index is 12.5. The molecule has 3 amide bonds. The normalized spacial score (nSPS) is 10.2. The number of benzene rings is 2. The molecule has 10 heteroatoms. The lowest BCUT2D eigenvalue weighted by Crippen LogP contribution is -2.19. The largest absolute Gasteiger partial charge is 0.497 e. The number of hydrogen-bond acceptors (Lipinski definition) is 6. The van der Waals surface area contributed by atoms with Crippen LogP contribution in [0.3, 0.4) is 0 Å². The summed E-state index contributed by atoms with van der Waals surface area (Å²) in [6.07, 6.45) is 0. The molecule has 3 rings (SSSR count). The number of aromatic nitrogens is 1. The number of amides is 3. The van der Waals surface area contributed by atoms with Crippen molar-refractivity contribution in [3.8, 4) is 11.5 Å². The van der Waals surface area contributed by atoms with Gasteiger partial charge in [-0.1, -0.05) is 17.7 Å². The number of thiazole rings is 1. The van der Waals surface area contributed by atoms with Crippen molar-refractivity contribution < 1.29 is 19.1 Å². The third-order valence-corrected chi connectivity index (χ3v) is 4.69. The number of carbonyl (C=O) groups excluding carboxylic acids is 2. The molecule has 3 aromatic rings. The third kappa shape index (κ3) is 5.37. The number of nitrogens with zero attached hydrogens (tertiary/aromatic N) is 1. The predicted molar refractivity (Wildman–Crippen MR) is 114 cm³/mol. The van der Waals surface area contributed by atoms with Crippen molar-refractivity contribution in [3.05, 3.63) is 58.6 Å². The van der Waals surface area contributed by atoms with Gasteiger partial charge in [-0.3, -0.25) is 10.1 Å². The monoisotopic (exact) mass is 432 g/mol. The average Bonchev–Trinajstić information content (AvgIpc) is 3.16. The second kappa shape index (κ2) is 9.26. The SMILES string of the molecule is COc1ccc(OC)c(NC(=O)c2csc(NC(=O)Nc3cccc(Cl)c3)n2)c1. The van der Waals surface area contributed by atoms with Crippen LogP contribution < -0.4 is 25.4 Å². The van der Waals surface area contributed by atoms with E-state index < -0.39 is 11.9 Å². The fraction of sp³-hybridized carbons (Fsp3) is 0.105. The average molecular weight is 433 g/mol. The molecule has 2 aromatic carbocycles. The molecule has 0 bridgehead atoms. The number of anilines is 3. The van der Waals surface area contributed by atoms with Crippen LogP contribution in [0.5, 0.6) is 11.5 Å². The molecule has 0 unspecified atom stereocenters. The zero-order chi connectivity index (χ0) is 20.8. The van der Waals surface area contributed by atoms with Gasteiger partial charge in [0.1, 0.15) is 17.2 Å². The van der Waals surface area contributed by atoms with Gasteiger partial charge in [0.05, 0.1) is 19.9 Å². The highest BCUT2D eigenvalue weighted by atomic mass is 35.5. The summed E-state index contributed by atoms with van der Waals surface area (Å²) in [5, 5.41) is 10.3. The Hall–Kier alpha value is -3.30. The van der Waals surface area contributed by atoms with Crippen molar-refractivity contribution in [2.75, 3.05) is 30.2 Å². The number of carbonyl (C=O) groups is 2. The van der Waals surface area contributed by atoms with Crippen LogP contribution in [-0.2, 0) is 0 Å². The molecular formula is C19H17ClN4O4S. The summed E-state index contributed by atoms with van der Waals surface area (Å²) in [6, 6.07) is 11.3. The van der Waals surface area contributed by atoms with Gasteiger partial charge in [-0.25, -0.2) is 9.78 Å². The van der Waals surface area contributed by atoms with E-state index in [1.807, 2.05) is 0 Å². The Bertz CT molecular complexity index is 1040. The standard InChI is InChI=1S/C19H17ClN4O4S/c1-27-13-6-7-16(28-2)14(9-13)22-17(25)15-10-29-19(23-15)24-18(26)21-12-5-3-4-11(20)8-12/h3-10H,1-2H3,(H,22,25)(H2,21,23,24,26). The maximum atomic E-state index is 12.5. The molecule has 150 valence electrons. The molecular weight excluding hydrogens is 416 g/mol. The van der Waals surface area contributed by atoms with Crippen molar-refractivity contribution in [3.63, 3.8) is 0 Å². The Morgan fingerprint density at radius 1 is 1.03 bits per heavy atom. The number of hydrogen-bond donors (Lipinski definition) is 3. The van der Waals surface area contributed by atoms with E-state index in [9.17, 15) is 9.59 Å². The summed E-state index contributed by atoms with van der Waals surface area (Å²) in [6.45, 7) is 0. The van der Waals surface area contributed by atoms with Crippen LogP contribution in [0.2, 0.25) is 5.02 Å². The first-order valence-corrected chi connectivity index (χ1v) is 9.56. The lowest BCUT2D eigenvalue weighted by Gasteiger charge is -2.11. The highest BCUT2D eigenvalue weighted by molar-refractivity contribution is 7.14. The molecule has 0 saturated carbocycles. The number of nitrogens with one attached hydrogen (secondary N) is 3. The molecule has 0 saturated heterocycles. The number of ether oxygens (including phenoxy) is 2.